The molecule has 3 aliphatic rings. The molecule has 124 valence electrons. The first-order valence-corrected chi connectivity index (χ1v) is 8.57. The summed E-state index contributed by atoms with van der Waals surface area (Å²) in [6, 6.07) is 0. The van der Waals surface area contributed by atoms with Crippen molar-refractivity contribution in [3.05, 3.63) is 32.5 Å². The molecule has 0 aromatic heterocycles. The summed E-state index contributed by atoms with van der Waals surface area (Å²) in [5.74, 6) is 0. The Bertz CT molecular complexity index is 607. The smallest absolute Gasteiger partial charge is 0.495 e. The van der Waals surface area contributed by atoms with Crippen molar-refractivity contribution in [2.45, 2.75) is 32.5 Å². The molecule has 0 radical (unpaired) electrons. The molecule has 23 heavy (non-hydrogen) atoms. The zero-order valence-corrected chi connectivity index (χ0v) is 15.5. The zero-order chi connectivity index (χ0) is 16.6. The van der Waals surface area contributed by atoms with Crippen LogP contribution in [-0.4, -0.2) is 44.7 Å². The SMILES string of the molecule is CC(C)(C)OC(=O)NC[C@@H]1OB2OCC3=C2C(=C1I)C=COC3. The maximum Gasteiger partial charge on any atom is 0.495 e. The van der Waals surface area contributed by atoms with Crippen molar-refractivity contribution in [3.8, 4) is 0 Å². The Morgan fingerprint density at radius 3 is 3.00 bits per heavy atom. The quantitative estimate of drug-likeness (QED) is 0.538. The maximum atomic E-state index is 11.8. The van der Waals surface area contributed by atoms with Crippen molar-refractivity contribution in [2.75, 3.05) is 19.8 Å². The van der Waals surface area contributed by atoms with Gasteiger partial charge in [-0.1, -0.05) is 0 Å². The highest BCUT2D eigenvalue weighted by Gasteiger charge is 2.43. The summed E-state index contributed by atoms with van der Waals surface area (Å²) < 4.78 is 23.4. The number of amides is 1. The second-order valence-corrected chi connectivity index (χ2v) is 7.71. The molecule has 0 bridgehead atoms. The van der Waals surface area contributed by atoms with Crippen LogP contribution in [0.4, 0.5) is 4.79 Å². The van der Waals surface area contributed by atoms with Crippen molar-refractivity contribution < 1.29 is 23.6 Å². The molecule has 8 heteroatoms. The van der Waals surface area contributed by atoms with Crippen LogP contribution in [0.2, 0.25) is 0 Å². The van der Waals surface area contributed by atoms with Gasteiger partial charge in [0.15, 0.2) is 0 Å². The van der Waals surface area contributed by atoms with Gasteiger partial charge in [0.25, 0.3) is 0 Å². The number of halogens is 1. The first kappa shape index (κ1) is 16.8. The lowest BCUT2D eigenvalue weighted by Crippen LogP contribution is -2.43. The van der Waals surface area contributed by atoms with Crippen molar-refractivity contribution in [1.82, 2.24) is 5.32 Å². The van der Waals surface area contributed by atoms with Gasteiger partial charge in [-0.3, -0.25) is 0 Å². The van der Waals surface area contributed by atoms with Crippen molar-refractivity contribution >= 4 is 35.8 Å². The minimum atomic E-state index is -0.524. The molecule has 0 fully saturated rings. The fourth-order valence-corrected chi connectivity index (χ4v) is 3.46. The van der Waals surface area contributed by atoms with Gasteiger partial charge in [0, 0.05) is 3.58 Å². The van der Waals surface area contributed by atoms with E-state index in [2.05, 4.69) is 27.9 Å². The maximum absolute atomic E-state index is 11.8. The molecule has 6 nitrogen and oxygen atoms in total. The summed E-state index contributed by atoms with van der Waals surface area (Å²) in [4.78, 5) is 11.8. The van der Waals surface area contributed by atoms with E-state index in [1.807, 2.05) is 26.8 Å². The van der Waals surface area contributed by atoms with Crippen LogP contribution in [-0.2, 0) is 18.8 Å². The second-order valence-electron chi connectivity index (χ2n) is 6.54. The van der Waals surface area contributed by atoms with Gasteiger partial charge in [0.2, 0.25) is 0 Å². The average molecular weight is 431 g/mol. The first-order chi connectivity index (χ1) is 10.8. The highest BCUT2D eigenvalue weighted by molar-refractivity contribution is 14.1. The summed E-state index contributed by atoms with van der Waals surface area (Å²) in [6.07, 6.45) is 2.92. The van der Waals surface area contributed by atoms with E-state index in [0.29, 0.717) is 19.8 Å². The van der Waals surface area contributed by atoms with Gasteiger partial charge in [-0.15, -0.1) is 0 Å². The number of hydrogen-bond acceptors (Lipinski definition) is 5. The fraction of sp³-hybridized carbons (Fsp3) is 0.533. The number of carbonyl (C=O) groups excluding carboxylic acids is 1. The van der Waals surface area contributed by atoms with Crippen LogP contribution in [0.3, 0.4) is 0 Å². The predicted octanol–water partition coefficient (Wildman–Crippen LogP) is 2.50. The molecule has 1 amide bonds. The van der Waals surface area contributed by atoms with Gasteiger partial charge in [0.05, 0.1) is 25.5 Å². The van der Waals surface area contributed by atoms with E-state index in [1.165, 1.54) is 0 Å². The molecule has 3 aliphatic heterocycles. The standard InChI is InChI=1S/C15H19BINO5/c1-15(2,3)22-14(19)18-6-11-13(17)10-4-5-20-7-9-8-21-16(23-11)12(9)10/h4-5,11H,6-8H2,1-3H3,(H,18,19)/t11-/m0/s1. The average Bonchev–Trinajstić information content (AvgIpc) is 2.72. The third kappa shape index (κ3) is 3.75. The highest BCUT2D eigenvalue weighted by atomic mass is 127. The summed E-state index contributed by atoms with van der Waals surface area (Å²) >= 11 is 2.26. The van der Waals surface area contributed by atoms with E-state index >= 15 is 0 Å². The van der Waals surface area contributed by atoms with E-state index in [1.54, 1.807) is 6.26 Å². The second kappa shape index (κ2) is 6.48. The highest BCUT2D eigenvalue weighted by Crippen LogP contribution is 2.39. The zero-order valence-electron chi connectivity index (χ0n) is 13.3. The third-order valence-electron chi connectivity index (χ3n) is 3.56. The number of alkyl carbamates (subject to hydrolysis) is 1. The lowest BCUT2D eigenvalue weighted by molar-refractivity contribution is 0.0504. The number of hydrogen-bond donors (Lipinski definition) is 1. The van der Waals surface area contributed by atoms with Gasteiger partial charge >= 0.3 is 13.2 Å². The Hall–Kier alpha value is -0.995. The molecule has 0 saturated carbocycles. The minimum Gasteiger partial charge on any atom is -0.497 e. The Morgan fingerprint density at radius 2 is 2.26 bits per heavy atom. The molecule has 3 rings (SSSR count). The van der Waals surface area contributed by atoms with Crippen LogP contribution in [0.15, 0.2) is 32.5 Å². The van der Waals surface area contributed by atoms with Crippen LogP contribution < -0.4 is 5.32 Å². The molecule has 0 spiro atoms. The van der Waals surface area contributed by atoms with Crippen LogP contribution in [0.5, 0.6) is 0 Å². The van der Waals surface area contributed by atoms with Gasteiger partial charge in [-0.2, -0.15) is 0 Å². The van der Waals surface area contributed by atoms with Gasteiger partial charge in [0.1, 0.15) is 12.2 Å². The molecule has 0 aromatic carbocycles. The Morgan fingerprint density at radius 1 is 1.48 bits per heavy atom. The molecule has 1 atom stereocenters. The normalized spacial score (nSPS) is 23.5. The first-order valence-electron chi connectivity index (χ1n) is 7.49. The summed E-state index contributed by atoms with van der Waals surface area (Å²) in [5, 5.41) is 2.76. The number of allylic oxidation sites excluding steroid dienone is 3. The van der Waals surface area contributed by atoms with Crippen LogP contribution in [0.1, 0.15) is 20.8 Å². The largest absolute Gasteiger partial charge is 0.497 e. The van der Waals surface area contributed by atoms with Crippen molar-refractivity contribution in [1.29, 1.82) is 0 Å². The Labute approximate surface area is 149 Å². The van der Waals surface area contributed by atoms with Gasteiger partial charge in [-0.05, 0) is 66.1 Å². The lowest BCUT2D eigenvalue weighted by Gasteiger charge is -2.29. The monoisotopic (exact) mass is 431 g/mol. The fourth-order valence-electron chi connectivity index (χ4n) is 2.62. The number of rotatable bonds is 2. The van der Waals surface area contributed by atoms with E-state index < -0.39 is 18.8 Å². The van der Waals surface area contributed by atoms with E-state index in [9.17, 15) is 4.79 Å². The Kier molecular flexibility index (Phi) is 4.75. The van der Waals surface area contributed by atoms with Crippen LogP contribution >= 0.6 is 22.6 Å². The third-order valence-corrected chi connectivity index (χ3v) is 4.84. The van der Waals surface area contributed by atoms with Crippen LogP contribution in [0, 0.1) is 0 Å². The lowest BCUT2D eigenvalue weighted by atomic mass is 9.70. The summed E-state index contributed by atoms with van der Waals surface area (Å²) in [7, 11) is -0.393. The predicted molar refractivity (Wildman–Crippen MR) is 94.0 cm³/mol. The van der Waals surface area contributed by atoms with E-state index in [4.69, 9.17) is 18.8 Å². The number of carbonyl (C=O) groups is 1. The molecule has 0 unspecified atom stereocenters. The van der Waals surface area contributed by atoms with Crippen molar-refractivity contribution in [2.24, 2.45) is 0 Å². The molecular weight excluding hydrogens is 412 g/mol. The topological polar surface area (TPSA) is 66.0 Å². The molecule has 0 saturated heterocycles. The summed E-state index contributed by atoms with van der Waals surface area (Å²) in [5.41, 5.74) is 2.73. The van der Waals surface area contributed by atoms with E-state index in [-0.39, 0.29) is 6.10 Å². The van der Waals surface area contributed by atoms with Crippen molar-refractivity contribution in [3.63, 3.8) is 0 Å². The molecular formula is C15H19BINO5. The summed E-state index contributed by atoms with van der Waals surface area (Å²) in [6.45, 7) is 6.86. The molecule has 0 aliphatic carbocycles. The molecule has 0 aromatic rings. The Balaban J connectivity index is 1.73. The molecule has 1 N–H and O–H groups in total. The molecule has 3 heterocycles. The van der Waals surface area contributed by atoms with E-state index in [0.717, 1.165) is 20.2 Å². The number of nitrogens with one attached hydrogen (secondary N) is 1. The van der Waals surface area contributed by atoms with Gasteiger partial charge in [-0.25, -0.2) is 4.79 Å². The number of ether oxygens (including phenoxy) is 2. The van der Waals surface area contributed by atoms with Crippen LogP contribution in [0.25, 0.3) is 0 Å². The minimum absolute atomic E-state index is 0.269. The van der Waals surface area contributed by atoms with Gasteiger partial charge < -0.3 is 24.1 Å².